The molecule has 1 aromatic heterocycles. The van der Waals surface area contributed by atoms with Crippen LogP contribution in [0.15, 0.2) is 36.7 Å². The van der Waals surface area contributed by atoms with Crippen LogP contribution >= 0.6 is 0 Å². The first-order valence-electron chi connectivity index (χ1n) is 8.63. The van der Waals surface area contributed by atoms with Crippen molar-refractivity contribution in [2.75, 3.05) is 19.7 Å². The third-order valence-corrected chi connectivity index (χ3v) is 5.83. The van der Waals surface area contributed by atoms with Crippen LogP contribution in [0, 0.1) is 11.3 Å². The van der Waals surface area contributed by atoms with Gasteiger partial charge in [-0.1, -0.05) is 30.3 Å². The van der Waals surface area contributed by atoms with Gasteiger partial charge in [-0.3, -0.25) is 4.90 Å². The Hall–Kier alpha value is -1.76. The second-order valence-corrected chi connectivity index (χ2v) is 6.97. The molecule has 2 heterocycles. The topological polar surface area (TPSA) is 74.4 Å². The monoisotopic (exact) mass is 328 g/mol. The summed E-state index contributed by atoms with van der Waals surface area (Å²) >= 11 is 0. The van der Waals surface area contributed by atoms with Gasteiger partial charge >= 0.3 is 0 Å². The molecule has 0 bridgehead atoms. The summed E-state index contributed by atoms with van der Waals surface area (Å²) in [5.74, 6) is 1.29. The molecule has 0 radical (unpaired) electrons. The lowest BCUT2D eigenvalue weighted by molar-refractivity contribution is 0.111. The highest BCUT2D eigenvalue weighted by Gasteiger charge is 2.70. The number of β-amino-alcohol motifs (C(OH)–C–C–N with tert-alkyl or cyclic N) is 1. The normalized spacial score (nSPS) is 32.5. The van der Waals surface area contributed by atoms with Crippen molar-refractivity contribution in [3.63, 3.8) is 0 Å². The highest BCUT2D eigenvalue weighted by molar-refractivity contribution is 5.36. The predicted octanol–water partition coefficient (Wildman–Crippen LogP) is 0.867. The molecular formula is C18H24N4O2. The molecule has 4 rings (SSSR count). The van der Waals surface area contributed by atoms with E-state index >= 15 is 0 Å². The van der Waals surface area contributed by atoms with Gasteiger partial charge in [-0.25, -0.2) is 9.67 Å². The fourth-order valence-electron chi connectivity index (χ4n) is 4.66. The summed E-state index contributed by atoms with van der Waals surface area (Å²) < 4.78 is 1.89. The summed E-state index contributed by atoms with van der Waals surface area (Å²) in [5, 5.41) is 24.9. The minimum absolute atomic E-state index is 0.121. The molecule has 1 aliphatic heterocycles. The molecule has 2 aromatic rings. The van der Waals surface area contributed by atoms with Gasteiger partial charge in [0.25, 0.3) is 0 Å². The van der Waals surface area contributed by atoms with E-state index in [0.29, 0.717) is 13.1 Å². The molecule has 4 atom stereocenters. The maximum atomic E-state index is 10.8. The van der Waals surface area contributed by atoms with Crippen molar-refractivity contribution in [2.24, 2.45) is 11.3 Å². The third kappa shape index (κ3) is 2.29. The molecule has 6 nitrogen and oxygen atoms in total. The summed E-state index contributed by atoms with van der Waals surface area (Å²) in [6.07, 6.45) is 1.17. The zero-order valence-corrected chi connectivity index (χ0v) is 13.9. The zero-order valence-electron chi connectivity index (χ0n) is 13.9. The second-order valence-electron chi connectivity index (χ2n) is 6.97. The molecule has 1 spiro atoms. The van der Waals surface area contributed by atoms with Crippen LogP contribution in [0.1, 0.15) is 24.2 Å². The predicted molar refractivity (Wildman–Crippen MR) is 89.2 cm³/mol. The van der Waals surface area contributed by atoms with Crippen molar-refractivity contribution < 1.29 is 10.2 Å². The summed E-state index contributed by atoms with van der Waals surface area (Å²) in [6.45, 7) is 5.06. The van der Waals surface area contributed by atoms with Gasteiger partial charge in [0.05, 0.1) is 12.6 Å². The summed E-state index contributed by atoms with van der Waals surface area (Å²) in [5.41, 5.74) is 0.988. The Morgan fingerprint density at radius 2 is 2.08 bits per heavy atom. The maximum absolute atomic E-state index is 10.8. The Morgan fingerprint density at radius 1 is 1.29 bits per heavy atom. The number of nitrogens with zero attached hydrogens (tertiary/aromatic N) is 4. The Bertz CT molecular complexity index is 704. The lowest BCUT2D eigenvalue weighted by Gasteiger charge is -2.16. The highest BCUT2D eigenvalue weighted by Crippen LogP contribution is 2.68. The molecule has 128 valence electrons. The number of aliphatic hydroxyl groups is 2. The van der Waals surface area contributed by atoms with E-state index in [1.807, 2.05) is 29.8 Å². The molecule has 6 heteroatoms. The Morgan fingerprint density at radius 3 is 2.79 bits per heavy atom. The average Bonchev–Trinajstić information content (AvgIpc) is 2.85. The second kappa shape index (κ2) is 5.95. The Balaban J connectivity index is 1.54. The fourth-order valence-corrected chi connectivity index (χ4v) is 4.66. The summed E-state index contributed by atoms with van der Waals surface area (Å²) in [6, 6.07) is 10.3. The van der Waals surface area contributed by atoms with Crippen LogP contribution in [0.5, 0.6) is 0 Å². The van der Waals surface area contributed by atoms with E-state index in [4.69, 9.17) is 0 Å². The van der Waals surface area contributed by atoms with E-state index in [2.05, 4.69) is 27.1 Å². The number of hydrogen-bond donors (Lipinski definition) is 2. The molecule has 1 aromatic carbocycles. The molecule has 1 aliphatic carbocycles. The van der Waals surface area contributed by atoms with E-state index in [1.165, 1.54) is 5.56 Å². The number of rotatable bonds is 5. The maximum Gasteiger partial charge on any atom is 0.140 e. The Kier molecular flexibility index (Phi) is 3.90. The molecule has 24 heavy (non-hydrogen) atoms. The van der Waals surface area contributed by atoms with Gasteiger partial charge in [0.2, 0.25) is 0 Å². The van der Waals surface area contributed by atoms with E-state index in [-0.39, 0.29) is 23.9 Å². The van der Waals surface area contributed by atoms with Gasteiger partial charge < -0.3 is 10.2 Å². The molecule has 0 amide bonds. The first-order valence-corrected chi connectivity index (χ1v) is 8.63. The number of aromatic nitrogens is 3. The van der Waals surface area contributed by atoms with Crippen LogP contribution in [0.4, 0.5) is 0 Å². The van der Waals surface area contributed by atoms with E-state index in [0.717, 1.165) is 18.9 Å². The van der Waals surface area contributed by atoms with Gasteiger partial charge in [-0.15, -0.1) is 0 Å². The number of hydrogen-bond acceptors (Lipinski definition) is 5. The third-order valence-electron chi connectivity index (χ3n) is 5.83. The van der Waals surface area contributed by atoms with Gasteiger partial charge in [0.1, 0.15) is 12.2 Å². The highest BCUT2D eigenvalue weighted by atomic mass is 16.3. The Labute approximate surface area is 141 Å². The number of likely N-dealkylation sites (tertiary alicyclic amines) is 1. The summed E-state index contributed by atoms with van der Waals surface area (Å²) in [4.78, 5) is 6.58. The van der Waals surface area contributed by atoms with Gasteiger partial charge in [-0.2, -0.15) is 5.10 Å². The molecular weight excluding hydrogens is 304 g/mol. The lowest BCUT2D eigenvalue weighted by Crippen LogP contribution is -2.24. The standard InChI is InChI=1S/C18H24N4O2/c1-2-22-16(19-12-20-22)9-21-8-15(24)18(11-21)14(10-23)17(18)13-6-4-3-5-7-13/h3-7,12,14-15,17,23-24H,2,8-11H2,1H3/t14-,15+,17-,18-/m1/s1. The molecule has 0 unspecified atom stereocenters. The largest absolute Gasteiger partial charge is 0.396 e. The minimum atomic E-state index is -0.419. The SMILES string of the molecule is CCn1ncnc1CN1C[C@H](O)[C@@]2(C1)[C@H](CO)[C@H]2c1ccccc1. The zero-order chi connectivity index (χ0) is 16.7. The van der Waals surface area contributed by atoms with Crippen molar-refractivity contribution in [3.05, 3.63) is 48.0 Å². The van der Waals surface area contributed by atoms with Crippen molar-refractivity contribution in [3.8, 4) is 0 Å². The summed E-state index contributed by atoms with van der Waals surface area (Å²) in [7, 11) is 0. The van der Waals surface area contributed by atoms with Crippen LogP contribution in [-0.4, -0.2) is 55.7 Å². The first kappa shape index (κ1) is 15.7. The fraction of sp³-hybridized carbons (Fsp3) is 0.556. The van der Waals surface area contributed by atoms with E-state index < -0.39 is 6.10 Å². The van der Waals surface area contributed by atoms with Gasteiger partial charge in [0.15, 0.2) is 0 Å². The van der Waals surface area contributed by atoms with Gasteiger partial charge in [-0.05, 0) is 24.3 Å². The van der Waals surface area contributed by atoms with Crippen LogP contribution in [0.2, 0.25) is 0 Å². The van der Waals surface area contributed by atoms with E-state index in [9.17, 15) is 10.2 Å². The van der Waals surface area contributed by atoms with Crippen LogP contribution in [0.3, 0.4) is 0 Å². The van der Waals surface area contributed by atoms with Crippen LogP contribution in [0.25, 0.3) is 0 Å². The molecule has 2 N–H and O–H groups in total. The molecule has 1 saturated carbocycles. The number of benzene rings is 1. The number of aliphatic hydroxyl groups excluding tert-OH is 2. The molecule has 2 fully saturated rings. The van der Waals surface area contributed by atoms with Crippen molar-refractivity contribution in [1.29, 1.82) is 0 Å². The molecule has 2 aliphatic rings. The minimum Gasteiger partial charge on any atom is -0.396 e. The van der Waals surface area contributed by atoms with Crippen molar-refractivity contribution in [1.82, 2.24) is 19.7 Å². The number of aryl methyl sites for hydroxylation is 1. The van der Waals surface area contributed by atoms with Gasteiger partial charge in [0, 0.05) is 31.7 Å². The first-order chi connectivity index (χ1) is 11.7. The van der Waals surface area contributed by atoms with Crippen LogP contribution in [-0.2, 0) is 13.1 Å². The smallest absolute Gasteiger partial charge is 0.140 e. The van der Waals surface area contributed by atoms with Crippen LogP contribution < -0.4 is 0 Å². The van der Waals surface area contributed by atoms with Crippen molar-refractivity contribution >= 4 is 0 Å². The average molecular weight is 328 g/mol. The van der Waals surface area contributed by atoms with Crippen molar-refractivity contribution in [2.45, 2.75) is 32.0 Å². The lowest BCUT2D eigenvalue weighted by atomic mass is 9.95. The van der Waals surface area contributed by atoms with E-state index in [1.54, 1.807) is 6.33 Å². The molecule has 1 saturated heterocycles. The quantitative estimate of drug-likeness (QED) is 0.852.